The Morgan fingerprint density at radius 1 is 1.42 bits per heavy atom. The average Bonchev–Trinajstić information content (AvgIpc) is 3.16. The summed E-state index contributed by atoms with van der Waals surface area (Å²) in [5, 5.41) is 0.528. The Morgan fingerprint density at radius 2 is 2.23 bits per heavy atom. The first-order valence-electron chi connectivity index (χ1n) is 10.3. The van der Waals surface area contributed by atoms with Crippen LogP contribution in [-0.4, -0.2) is 54.1 Å². The van der Waals surface area contributed by atoms with Crippen LogP contribution in [0.5, 0.6) is 5.75 Å². The van der Waals surface area contributed by atoms with Crippen molar-refractivity contribution in [3.8, 4) is 5.75 Å². The van der Waals surface area contributed by atoms with Gasteiger partial charge in [-0.1, -0.05) is 11.6 Å². The molecule has 8 heteroatoms. The minimum absolute atomic E-state index is 0.0512. The van der Waals surface area contributed by atoms with E-state index in [0.717, 1.165) is 5.56 Å². The molecule has 0 saturated carbocycles. The molecule has 6 nitrogen and oxygen atoms in total. The number of hydrogen-bond donors (Lipinski definition) is 0. The number of amides is 1. The molecule has 2 aliphatic rings. The molecule has 0 aliphatic carbocycles. The molecule has 1 aromatic carbocycles. The summed E-state index contributed by atoms with van der Waals surface area (Å²) in [6, 6.07) is 8.75. The molecule has 1 amide bonds. The average molecular weight is 449 g/mol. The van der Waals surface area contributed by atoms with E-state index in [9.17, 15) is 9.18 Å². The molecule has 0 N–H and O–H groups in total. The Hall–Kier alpha value is -2.22. The van der Waals surface area contributed by atoms with E-state index < -0.39 is 11.3 Å². The van der Waals surface area contributed by atoms with Crippen LogP contribution in [0.1, 0.15) is 41.9 Å². The summed E-state index contributed by atoms with van der Waals surface area (Å²) in [6.07, 6.45) is 1.86. The minimum atomic E-state index is -1.43. The zero-order valence-corrected chi connectivity index (χ0v) is 18.6. The number of ether oxygens (including phenoxy) is 3. The van der Waals surface area contributed by atoms with Gasteiger partial charge < -0.3 is 19.1 Å². The Balaban J connectivity index is 1.49. The van der Waals surface area contributed by atoms with Crippen molar-refractivity contribution < 1.29 is 23.4 Å². The van der Waals surface area contributed by atoms with Gasteiger partial charge in [-0.05, 0) is 56.7 Å². The van der Waals surface area contributed by atoms with Crippen LogP contribution in [0.2, 0.25) is 5.02 Å². The Labute approximate surface area is 186 Å². The van der Waals surface area contributed by atoms with Crippen molar-refractivity contribution in [2.24, 2.45) is 0 Å². The van der Waals surface area contributed by atoms with Crippen molar-refractivity contribution >= 4 is 17.5 Å². The third kappa shape index (κ3) is 4.40. The lowest BCUT2D eigenvalue weighted by Crippen LogP contribution is -2.54. The number of benzene rings is 1. The third-order valence-corrected chi connectivity index (χ3v) is 5.99. The van der Waals surface area contributed by atoms with E-state index in [-0.39, 0.29) is 25.4 Å². The maximum atomic E-state index is 13.7. The Morgan fingerprint density at radius 3 is 2.94 bits per heavy atom. The monoisotopic (exact) mass is 448 g/mol. The number of likely N-dealkylation sites (tertiary alicyclic amines) is 1. The second-order valence-electron chi connectivity index (χ2n) is 8.63. The summed E-state index contributed by atoms with van der Waals surface area (Å²) in [5.41, 5.74) is -0.198. The number of aryl methyl sites for hydroxylation is 1. The summed E-state index contributed by atoms with van der Waals surface area (Å²) in [4.78, 5) is 19.4. The van der Waals surface area contributed by atoms with Gasteiger partial charge >= 0.3 is 0 Å². The number of carbonyl (C=O) groups is 1. The summed E-state index contributed by atoms with van der Waals surface area (Å²) >= 11 is 6.39. The summed E-state index contributed by atoms with van der Waals surface area (Å²) in [7, 11) is 0. The van der Waals surface area contributed by atoms with Crippen molar-refractivity contribution in [3.05, 3.63) is 58.4 Å². The normalized spacial score (nSPS) is 23.5. The molecular weight excluding hydrogens is 423 g/mol. The molecule has 2 atom stereocenters. The molecule has 31 heavy (non-hydrogen) atoms. The van der Waals surface area contributed by atoms with Gasteiger partial charge in [-0.3, -0.25) is 9.78 Å². The third-order valence-electron chi connectivity index (χ3n) is 5.68. The van der Waals surface area contributed by atoms with Crippen molar-refractivity contribution in [3.63, 3.8) is 0 Å². The van der Waals surface area contributed by atoms with Crippen LogP contribution < -0.4 is 4.74 Å². The molecule has 2 saturated heterocycles. The van der Waals surface area contributed by atoms with E-state index in [0.29, 0.717) is 41.5 Å². The van der Waals surface area contributed by atoms with Crippen LogP contribution in [0.3, 0.4) is 0 Å². The number of rotatable bonds is 5. The largest absolute Gasteiger partial charge is 0.490 e. The minimum Gasteiger partial charge on any atom is -0.490 e. The molecule has 2 aliphatic heterocycles. The SMILES string of the molecule is Cc1cc(C(=O)N2CCC3(c4ncccc4Cl)OCOC3C2)ccc1OCC(C)(C)F. The van der Waals surface area contributed by atoms with Crippen LogP contribution in [-0.2, 0) is 15.1 Å². The second-order valence-corrected chi connectivity index (χ2v) is 9.04. The molecule has 2 unspecified atom stereocenters. The zero-order chi connectivity index (χ0) is 22.2. The lowest BCUT2D eigenvalue weighted by molar-refractivity contribution is -0.0469. The topological polar surface area (TPSA) is 60.9 Å². The fourth-order valence-corrected chi connectivity index (χ4v) is 4.35. The number of carbonyl (C=O) groups excluding carboxylic acids is 1. The Bertz CT molecular complexity index is 980. The molecule has 0 radical (unpaired) electrons. The molecule has 4 rings (SSSR count). The van der Waals surface area contributed by atoms with E-state index in [1.165, 1.54) is 13.8 Å². The zero-order valence-electron chi connectivity index (χ0n) is 17.9. The first-order valence-corrected chi connectivity index (χ1v) is 10.7. The van der Waals surface area contributed by atoms with Crippen LogP contribution in [0.25, 0.3) is 0 Å². The van der Waals surface area contributed by atoms with Crippen molar-refractivity contribution in [1.29, 1.82) is 0 Å². The molecule has 0 bridgehead atoms. The van der Waals surface area contributed by atoms with Gasteiger partial charge in [0.1, 0.15) is 36.5 Å². The van der Waals surface area contributed by atoms with Crippen LogP contribution in [0.15, 0.2) is 36.5 Å². The number of alkyl halides is 1. The van der Waals surface area contributed by atoms with Crippen LogP contribution in [0.4, 0.5) is 4.39 Å². The number of nitrogens with zero attached hydrogens (tertiary/aromatic N) is 2. The standard InChI is InChI=1S/C23H26ClFN2O4/c1-15-11-16(6-7-18(15)29-13-22(2,3)25)21(28)27-10-8-23(19(12-27)30-14-31-23)20-17(24)5-4-9-26-20/h4-7,9,11,19H,8,10,12-14H2,1-3H3. The smallest absolute Gasteiger partial charge is 0.253 e. The van der Waals surface area contributed by atoms with Crippen LogP contribution >= 0.6 is 11.6 Å². The van der Waals surface area contributed by atoms with E-state index >= 15 is 0 Å². The highest BCUT2D eigenvalue weighted by molar-refractivity contribution is 6.31. The second kappa shape index (κ2) is 8.37. The summed E-state index contributed by atoms with van der Waals surface area (Å²) in [5.74, 6) is 0.467. The van der Waals surface area contributed by atoms with Gasteiger partial charge in [-0.25, -0.2) is 4.39 Å². The first kappa shape index (κ1) is 22.0. The number of halogens is 2. The van der Waals surface area contributed by atoms with Crippen molar-refractivity contribution in [1.82, 2.24) is 9.88 Å². The van der Waals surface area contributed by atoms with E-state index in [1.807, 2.05) is 6.92 Å². The summed E-state index contributed by atoms with van der Waals surface area (Å²) in [6.45, 7) is 5.71. The number of aromatic nitrogens is 1. The van der Waals surface area contributed by atoms with E-state index in [1.54, 1.807) is 41.4 Å². The summed E-state index contributed by atoms with van der Waals surface area (Å²) < 4.78 is 31.1. The lowest BCUT2D eigenvalue weighted by Gasteiger charge is -2.41. The van der Waals surface area contributed by atoms with Crippen LogP contribution in [0, 0.1) is 6.92 Å². The number of fused-ring (bicyclic) bond motifs is 1. The highest BCUT2D eigenvalue weighted by atomic mass is 35.5. The fourth-order valence-electron chi connectivity index (χ4n) is 4.07. The molecule has 1 aromatic heterocycles. The maximum absolute atomic E-state index is 13.7. The van der Waals surface area contributed by atoms with Gasteiger partial charge in [0.25, 0.3) is 5.91 Å². The predicted octanol–water partition coefficient (Wildman–Crippen LogP) is 4.28. The number of pyridine rings is 1. The van der Waals surface area contributed by atoms with E-state index in [2.05, 4.69) is 4.98 Å². The van der Waals surface area contributed by atoms with E-state index in [4.69, 9.17) is 25.8 Å². The van der Waals surface area contributed by atoms with Gasteiger partial charge in [0, 0.05) is 24.7 Å². The van der Waals surface area contributed by atoms with Gasteiger partial charge in [0.05, 0.1) is 17.3 Å². The van der Waals surface area contributed by atoms with Crippen molar-refractivity contribution in [2.45, 2.75) is 44.6 Å². The highest BCUT2D eigenvalue weighted by Crippen LogP contribution is 2.44. The first-order chi connectivity index (χ1) is 14.7. The fraction of sp³-hybridized carbons (Fsp3) is 0.478. The highest BCUT2D eigenvalue weighted by Gasteiger charge is 2.53. The molecule has 166 valence electrons. The molecule has 2 fully saturated rings. The molecule has 0 spiro atoms. The van der Waals surface area contributed by atoms with Gasteiger partial charge in [0.15, 0.2) is 0 Å². The molecule has 2 aromatic rings. The molecular formula is C23H26ClFN2O4. The van der Waals surface area contributed by atoms with Crippen molar-refractivity contribution in [2.75, 3.05) is 26.5 Å². The lowest BCUT2D eigenvalue weighted by atomic mass is 9.84. The predicted molar refractivity (Wildman–Crippen MR) is 114 cm³/mol. The van der Waals surface area contributed by atoms with Gasteiger partial charge in [0.2, 0.25) is 0 Å². The number of piperidine rings is 1. The molecule has 3 heterocycles. The van der Waals surface area contributed by atoms with Gasteiger partial charge in [-0.2, -0.15) is 0 Å². The maximum Gasteiger partial charge on any atom is 0.253 e. The number of hydrogen-bond acceptors (Lipinski definition) is 5. The Kier molecular flexibility index (Phi) is 5.94. The van der Waals surface area contributed by atoms with Gasteiger partial charge in [-0.15, -0.1) is 0 Å². The quantitative estimate of drug-likeness (QED) is 0.683.